The van der Waals surface area contributed by atoms with Crippen LogP contribution in [0.2, 0.25) is 0 Å². The number of carbonyl (C=O) groups is 2. The van der Waals surface area contributed by atoms with E-state index in [0.29, 0.717) is 25.9 Å². The lowest BCUT2D eigenvalue weighted by atomic mass is 9.97. The molecule has 1 aromatic rings. The fourth-order valence-corrected chi connectivity index (χ4v) is 2.64. The van der Waals surface area contributed by atoms with Crippen LogP contribution in [0.1, 0.15) is 18.4 Å². The van der Waals surface area contributed by atoms with E-state index >= 15 is 0 Å². The Morgan fingerprint density at radius 2 is 1.90 bits per heavy atom. The maximum absolute atomic E-state index is 12.0. The molecule has 0 aromatic heterocycles. The van der Waals surface area contributed by atoms with Gasteiger partial charge in [0, 0.05) is 23.6 Å². The lowest BCUT2D eigenvalue weighted by Crippen LogP contribution is -2.39. The quantitative estimate of drug-likeness (QED) is 0.863. The van der Waals surface area contributed by atoms with Crippen LogP contribution in [0.4, 0.5) is 0 Å². The second-order valence-corrected chi connectivity index (χ2v) is 5.65. The highest BCUT2D eigenvalue weighted by Crippen LogP contribution is 2.19. The van der Waals surface area contributed by atoms with Crippen molar-refractivity contribution in [2.24, 2.45) is 5.92 Å². The number of amides is 1. The lowest BCUT2D eigenvalue weighted by molar-refractivity contribution is -0.144. The Kier molecular flexibility index (Phi) is 4.95. The van der Waals surface area contributed by atoms with Gasteiger partial charge < -0.3 is 10.0 Å². The molecular weight excluding hydrogens is 322 g/mol. The Labute approximate surface area is 126 Å². The second kappa shape index (κ2) is 6.70. The number of halogens is 1. The van der Waals surface area contributed by atoms with Crippen LogP contribution in [0.5, 0.6) is 0 Å². The Hall–Kier alpha value is -1.62. The monoisotopic (exact) mass is 337 g/mol. The SMILES string of the molecule is O=C(O)C1CCN(C(=O)C=Cc2ccccc2Br)CC1. The zero-order valence-corrected chi connectivity index (χ0v) is 12.5. The van der Waals surface area contributed by atoms with Crippen molar-refractivity contribution in [1.82, 2.24) is 4.90 Å². The van der Waals surface area contributed by atoms with Gasteiger partial charge in [-0.15, -0.1) is 0 Å². The average molecular weight is 338 g/mol. The van der Waals surface area contributed by atoms with Gasteiger partial charge in [-0.25, -0.2) is 0 Å². The highest BCUT2D eigenvalue weighted by atomic mass is 79.9. The third-order valence-electron chi connectivity index (χ3n) is 3.47. The first-order valence-corrected chi connectivity index (χ1v) is 7.31. The summed E-state index contributed by atoms with van der Waals surface area (Å²) < 4.78 is 0.939. The molecule has 1 aliphatic heterocycles. The predicted octanol–water partition coefficient (Wildman–Crippen LogP) is 2.79. The molecule has 2 rings (SSSR count). The van der Waals surface area contributed by atoms with Crippen molar-refractivity contribution in [2.45, 2.75) is 12.8 Å². The summed E-state index contributed by atoms with van der Waals surface area (Å²) in [7, 11) is 0. The van der Waals surface area contributed by atoms with Crippen LogP contribution in [0.3, 0.4) is 0 Å². The van der Waals surface area contributed by atoms with Gasteiger partial charge in [0.05, 0.1) is 5.92 Å². The highest BCUT2D eigenvalue weighted by Gasteiger charge is 2.25. The number of likely N-dealkylation sites (tertiary alicyclic amines) is 1. The van der Waals surface area contributed by atoms with Gasteiger partial charge in [0.15, 0.2) is 0 Å². The van der Waals surface area contributed by atoms with E-state index in [9.17, 15) is 9.59 Å². The van der Waals surface area contributed by atoms with Gasteiger partial charge in [-0.05, 0) is 30.5 Å². The van der Waals surface area contributed by atoms with E-state index in [0.717, 1.165) is 10.0 Å². The predicted molar refractivity (Wildman–Crippen MR) is 80.1 cm³/mol. The summed E-state index contributed by atoms with van der Waals surface area (Å²) in [6.45, 7) is 1.02. The van der Waals surface area contributed by atoms with Crippen molar-refractivity contribution in [3.8, 4) is 0 Å². The van der Waals surface area contributed by atoms with Crippen LogP contribution >= 0.6 is 15.9 Å². The first kappa shape index (κ1) is 14.8. The molecule has 5 heteroatoms. The molecule has 1 N–H and O–H groups in total. The molecule has 0 saturated carbocycles. The van der Waals surface area contributed by atoms with Crippen molar-refractivity contribution in [1.29, 1.82) is 0 Å². The lowest BCUT2D eigenvalue weighted by Gasteiger charge is -2.29. The molecule has 0 unspecified atom stereocenters. The number of rotatable bonds is 3. The normalized spacial score (nSPS) is 16.6. The maximum Gasteiger partial charge on any atom is 0.306 e. The standard InChI is InChI=1S/C15H16BrNO3/c16-13-4-2-1-3-11(13)5-6-14(18)17-9-7-12(8-10-17)15(19)20/h1-6,12H,7-10H2,(H,19,20). The fraction of sp³-hybridized carbons (Fsp3) is 0.333. The molecule has 1 fully saturated rings. The van der Waals surface area contributed by atoms with Crippen molar-refractivity contribution < 1.29 is 14.7 Å². The van der Waals surface area contributed by atoms with Gasteiger partial charge in [-0.2, -0.15) is 0 Å². The average Bonchev–Trinajstić information content (AvgIpc) is 2.46. The Morgan fingerprint density at radius 1 is 1.25 bits per heavy atom. The van der Waals surface area contributed by atoms with E-state index in [2.05, 4.69) is 15.9 Å². The summed E-state index contributed by atoms with van der Waals surface area (Å²) in [5.41, 5.74) is 0.946. The summed E-state index contributed by atoms with van der Waals surface area (Å²) in [5, 5.41) is 8.92. The van der Waals surface area contributed by atoms with Gasteiger partial charge >= 0.3 is 5.97 Å². The molecule has 1 aliphatic rings. The molecule has 0 radical (unpaired) electrons. The topological polar surface area (TPSA) is 57.6 Å². The van der Waals surface area contributed by atoms with Gasteiger partial charge in [0.1, 0.15) is 0 Å². The molecule has 1 amide bonds. The van der Waals surface area contributed by atoms with E-state index in [-0.39, 0.29) is 11.8 Å². The minimum Gasteiger partial charge on any atom is -0.481 e. The third-order valence-corrected chi connectivity index (χ3v) is 4.19. The number of carbonyl (C=O) groups excluding carboxylic acids is 1. The summed E-state index contributed by atoms with van der Waals surface area (Å²) in [4.78, 5) is 24.6. The maximum atomic E-state index is 12.0. The number of piperidine rings is 1. The van der Waals surface area contributed by atoms with Crippen LogP contribution in [0, 0.1) is 5.92 Å². The molecule has 20 heavy (non-hydrogen) atoms. The van der Waals surface area contributed by atoms with Gasteiger partial charge in [-0.3, -0.25) is 9.59 Å². The van der Waals surface area contributed by atoms with Gasteiger partial charge in [0.2, 0.25) is 5.91 Å². The van der Waals surface area contributed by atoms with Crippen molar-refractivity contribution in [3.63, 3.8) is 0 Å². The number of carboxylic acid groups (broad SMARTS) is 1. The Balaban J connectivity index is 1.93. The van der Waals surface area contributed by atoms with E-state index in [1.807, 2.05) is 24.3 Å². The first-order chi connectivity index (χ1) is 9.58. The van der Waals surface area contributed by atoms with Crippen LogP contribution in [0.15, 0.2) is 34.8 Å². The van der Waals surface area contributed by atoms with Gasteiger partial charge in [-0.1, -0.05) is 34.1 Å². The number of hydrogen-bond acceptors (Lipinski definition) is 2. The largest absolute Gasteiger partial charge is 0.481 e. The molecule has 0 atom stereocenters. The van der Waals surface area contributed by atoms with E-state index in [4.69, 9.17) is 5.11 Å². The number of carboxylic acids is 1. The molecule has 1 aromatic carbocycles. The van der Waals surface area contributed by atoms with Crippen molar-refractivity contribution >= 4 is 33.9 Å². The van der Waals surface area contributed by atoms with E-state index in [1.165, 1.54) is 0 Å². The summed E-state index contributed by atoms with van der Waals surface area (Å²) in [6, 6.07) is 7.67. The highest BCUT2D eigenvalue weighted by molar-refractivity contribution is 9.10. The third kappa shape index (κ3) is 3.70. The van der Waals surface area contributed by atoms with E-state index < -0.39 is 5.97 Å². The summed E-state index contributed by atoms with van der Waals surface area (Å²) >= 11 is 3.42. The fourth-order valence-electron chi connectivity index (χ4n) is 2.22. The van der Waals surface area contributed by atoms with Crippen LogP contribution in [0.25, 0.3) is 6.08 Å². The number of aliphatic carboxylic acids is 1. The first-order valence-electron chi connectivity index (χ1n) is 6.52. The second-order valence-electron chi connectivity index (χ2n) is 4.79. The molecule has 0 aliphatic carbocycles. The minimum atomic E-state index is -0.763. The molecule has 1 saturated heterocycles. The zero-order chi connectivity index (χ0) is 14.5. The zero-order valence-electron chi connectivity index (χ0n) is 11.0. The molecule has 0 spiro atoms. The number of hydrogen-bond donors (Lipinski definition) is 1. The Morgan fingerprint density at radius 3 is 2.50 bits per heavy atom. The summed E-state index contributed by atoms with van der Waals surface area (Å²) in [6.07, 6.45) is 4.38. The molecule has 4 nitrogen and oxygen atoms in total. The summed E-state index contributed by atoms with van der Waals surface area (Å²) in [5.74, 6) is -1.14. The molecule has 106 valence electrons. The van der Waals surface area contributed by atoms with E-state index in [1.54, 1.807) is 17.1 Å². The van der Waals surface area contributed by atoms with Crippen molar-refractivity contribution in [2.75, 3.05) is 13.1 Å². The van der Waals surface area contributed by atoms with Crippen LogP contribution in [-0.4, -0.2) is 35.0 Å². The van der Waals surface area contributed by atoms with Crippen molar-refractivity contribution in [3.05, 3.63) is 40.4 Å². The molecule has 0 bridgehead atoms. The number of nitrogens with zero attached hydrogens (tertiary/aromatic N) is 1. The van der Waals surface area contributed by atoms with Crippen LogP contribution in [-0.2, 0) is 9.59 Å². The Bertz CT molecular complexity index is 534. The smallest absolute Gasteiger partial charge is 0.306 e. The van der Waals surface area contributed by atoms with Gasteiger partial charge in [0.25, 0.3) is 0 Å². The number of benzene rings is 1. The molecular formula is C15H16BrNO3. The van der Waals surface area contributed by atoms with Crippen LogP contribution < -0.4 is 0 Å². The molecule has 1 heterocycles. The minimum absolute atomic E-state index is 0.0652.